The number of carbonyl (C=O) groups excluding carboxylic acids is 2. The van der Waals surface area contributed by atoms with Crippen molar-refractivity contribution in [1.82, 2.24) is 20.0 Å². The van der Waals surface area contributed by atoms with Crippen molar-refractivity contribution in [1.29, 1.82) is 0 Å². The molecule has 3 aliphatic rings. The monoisotopic (exact) mass is 310 g/mol. The van der Waals surface area contributed by atoms with Gasteiger partial charge in [-0.05, 0) is 25.9 Å². The molecule has 0 aliphatic carbocycles. The number of likely N-dealkylation sites (N-methyl/N-ethyl adjacent to an activating group) is 1. The predicted molar refractivity (Wildman–Crippen MR) is 81.6 cm³/mol. The zero-order chi connectivity index (χ0) is 15.5. The van der Waals surface area contributed by atoms with Crippen molar-refractivity contribution >= 4 is 11.9 Å². The fourth-order valence-electron chi connectivity index (χ4n) is 3.57. The minimum Gasteiger partial charge on any atom is -0.378 e. The number of carbonyl (C=O) groups is 2. The summed E-state index contributed by atoms with van der Waals surface area (Å²) in [6, 6.07) is 0.257. The minimum atomic E-state index is -0.0823. The van der Waals surface area contributed by atoms with Gasteiger partial charge in [0.2, 0.25) is 5.91 Å². The molecule has 3 rings (SSSR count). The van der Waals surface area contributed by atoms with Crippen molar-refractivity contribution < 1.29 is 14.3 Å². The summed E-state index contributed by atoms with van der Waals surface area (Å²) in [7, 11) is 1.76. The third kappa shape index (κ3) is 3.35. The van der Waals surface area contributed by atoms with Crippen molar-refractivity contribution in [2.45, 2.75) is 31.3 Å². The first kappa shape index (κ1) is 15.6. The van der Waals surface area contributed by atoms with Crippen LogP contribution in [-0.4, -0.2) is 91.7 Å². The zero-order valence-corrected chi connectivity index (χ0v) is 13.3. The average Bonchev–Trinajstić information content (AvgIpc) is 3.10. The highest BCUT2D eigenvalue weighted by Gasteiger charge is 2.35. The third-order valence-corrected chi connectivity index (χ3v) is 4.89. The van der Waals surface area contributed by atoms with Crippen molar-refractivity contribution in [3.63, 3.8) is 0 Å². The summed E-state index contributed by atoms with van der Waals surface area (Å²) in [6.45, 7) is 4.91. The highest BCUT2D eigenvalue weighted by atomic mass is 16.5. The predicted octanol–water partition coefficient (Wildman–Crippen LogP) is -0.277. The first-order valence-electron chi connectivity index (χ1n) is 8.26. The summed E-state index contributed by atoms with van der Waals surface area (Å²) in [5.41, 5.74) is 0. The number of nitrogens with one attached hydrogen (secondary N) is 1. The molecule has 124 valence electrons. The summed E-state index contributed by atoms with van der Waals surface area (Å²) >= 11 is 0. The summed E-state index contributed by atoms with van der Waals surface area (Å²) in [4.78, 5) is 29.7. The summed E-state index contributed by atoms with van der Waals surface area (Å²) in [5, 5.41) is 3.07. The van der Waals surface area contributed by atoms with Crippen LogP contribution in [0.3, 0.4) is 0 Å². The van der Waals surface area contributed by atoms with Crippen LogP contribution < -0.4 is 5.32 Å². The molecule has 2 atom stereocenters. The van der Waals surface area contributed by atoms with Gasteiger partial charge in [0.25, 0.3) is 0 Å². The van der Waals surface area contributed by atoms with E-state index < -0.39 is 0 Å². The van der Waals surface area contributed by atoms with Crippen LogP contribution in [0.5, 0.6) is 0 Å². The van der Waals surface area contributed by atoms with Gasteiger partial charge in [0.05, 0.1) is 25.3 Å². The number of nitrogens with zero attached hydrogens (tertiary/aromatic N) is 3. The molecular formula is C15H26N4O3. The van der Waals surface area contributed by atoms with Crippen LogP contribution in [0.25, 0.3) is 0 Å². The third-order valence-electron chi connectivity index (χ3n) is 4.89. The van der Waals surface area contributed by atoms with Crippen molar-refractivity contribution in [2.75, 3.05) is 53.0 Å². The molecule has 3 amide bonds. The molecule has 0 bridgehead atoms. The number of urea groups is 1. The van der Waals surface area contributed by atoms with Crippen LogP contribution in [0.15, 0.2) is 0 Å². The molecule has 3 heterocycles. The first-order chi connectivity index (χ1) is 10.6. The second-order valence-corrected chi connectivity index (χ2v) is 6.50. The lowest BCUT2D eigenvalue weighted by atomic mass is 10.0. The Bertz CT molecular complexity index is 425. The Kier molecular flexibility index (Phi) is 4.83. The molecule has 3 aliphatic heterocycles. The minimum absolute atomic E-state index is 0.0426. The van der Waals surface area contributed by atoms with Crippen molar-refractivity contribution in [2.24, 2.45) is 0 Å². The number of ether oxygens (including phenoxy) is 1. The Morgan fingerprint density at radius 3 is 2.64 bits per heavy atom. The van der Waals surface area contributed by atoms with Gasteiger partial charge in [-0.3, -0.25) is 9.69 Å². The molecule has 0 unspecified atom stereocenters. The van der Waals surface area contributed by atoms with E-state index in [1.807, 2.05) is 0 Å². The van der Waals surface area contributed by atoms with E-state index in [1.165, 1.54) is 19.3 Å². The van der Waals surface area contributed by atoms with E-state index in [-0.39, 0.29) is 30.6 Å². The number of likely N-dealkylation sites (tertiary alicyclic amines) is 1. The molecule has 7 nitrogen and oxygen atoms in total. The SMILES string of the molecule is CN1CCN(CC(=O)N[C@H]2COC[C@@H]2N2CCCCC2)C1=O. The molecule has 3 saturated heterocycles. The van der Waals surface area contributed by atoms with Gasteiger partial charge >= 0.3 is 6.03 Å². The fourth-order valence-corrected chi connectivity index (χ4v) is 3.57. The van der Waals surface area contributed by atoms with Crippen LogP contribution in [0, 0.1) is 0 Å². The lowest BCUT2D eigenvalue weighted by Crippen LogP contribution is -2.54. The quantitative estimate of drug-likeness (QED) is 0.776. The van der Waals surface area contributed by atoms with Crippen molar-refractivity contribution in [3.8, 4) is 0 Å². The van der Waals surface area contributed by atoms with E-state index in [0.717, 1.165) is 13.1 Å². The standard InChI is InChI=1S/C15H26N4O3/c1-17-7-8-19(15(17)21)9-14(20)16-12-10-22-11-13(12)18-5-3-2-4-6-18/h12-13H,2-11H2,1H3,(H,16,20)/t12-,13-/m0/s1. The van der Waals surface area contributed by atoms with Gasteiger partial charge in [-0.15, -0.1) is 0 Å². The van der Waals surface area contributed by atoms with Gasteiger partial charge in [0.15, 0.2) is 0 Å². The zero-order valence-electron chi connectivity index (χ0n) is 13.3. The maximum absolute atomic E-state index is 12.2. The first-order valence-corrected chi connectivity index (χ1v) is 8.26. The fraction of sp³-hybridized carbons (Fsp3) is 0.867. The Morgan fingerprint density at radius 1 is 1.18 bits per heavy atom. The second kappa shape index (κ2) is 6.83. The Balaban J connectivity index is 1.50. The topological polar surface area (TPSA) is 65.1 Å². The molecule has 0 saturated carbocycles. The van der Waals surface area contributed by atoms with Crippen LogP contribution in [0.4, 0.5) is 4.79 Å². The lowest BCUT2D eigenvalue weighted by molar-refractivity contribution is -0.122. The molecule has 0 spiro atoms. The van der Waals surface area contributed by atoms with Crippen LogP contribution in [0.2, 0.25) is 0 Å². The van der Waals surface area contributed by atoms with Crippen LogP contribution in [-0.2, 0) is 9.53 Å². The Labute approximate surface area is 131 Å². The van der Waals surface area contributed by atoms with E-state index >= 15 is 0 Å². The molecule has 0 aromatic rings. The highest BCUT2D eigenvalue weighted by molar-refractivity contribution is 5.85. The average molecular weight is 310 g/mol. The number of hydrogen-bond donors (Lipinski definition) is 1. The molecule has 0 aromatic carbocycles. The van der Waals surface area contributed by atoms with Crippen LogP contribution >= 0.6 is 0 Å². The molecule has 22 heavy (non-hydrogen) atoms. The maximum atomic E-state index is 12.2. The van der Waals surface area contributed by atoms with Crippen LogP contribution in [0.1, 0.15) is 19.3 Å². The normalized spacial score (nSPS) is 30.1. The smallest absolute Gasteiger partial charge is 0.320 e. The number of hydrogen-bond acceptors (Lipinski definition) is 4. The van der Waals surface area contributed by atoms with Crippen molar-refractivity contribution in [3.05, 3.63) is 0 Å². The molecule has 3 fully saturated rings. The number of piperidine rings is 1. The molecule has 7 heteroatoms. The highest BCUT2D eigenvalue weighted by Crippen LogP contribution is 2.19. The van der Waals surface area contributed by atoms with E-state index in [1.54, 1.807) is 16.8 Å². The van der Waals surface area contributed by atoms with Gasteiger partial charge in [-0.2, -0.15) is 0 Å². The summed E-state index contributed by atoms with van der Waals surface area (Å²) < 4.78 is 5.59. The Morgan fingerprint density at radius 2 is 1.95 bits per heavy atom. The van der Waals surface area contributed by atoms with Gasteiger partial charge in [-0.1, -0.05) is 6.42 Å². The van der Waals surface area contributed by atoms with Gasteiger partial charge < -0.3 is 19.9 Å². The molecule has 0 radical (unpaired) electrons. The Hall–Kier alpha value is -1.34. The van der Waals surface area contributed by atoms with Gasteiger partial charge in [-0.25, -0.2) is 4.79 Å². The number of amides is 3. The molecule has 1 N–H and O–H groups in total. The van der Waals surface area contributed by atoms with E-state index in [9.17, 15) is 9.59 Å². The van der Waals surface area contributed by atoms with Gasteiger partial charge in [0, 0.05) is 20.1 Å². The van der Waals surface area contributed by atoms with E-state index in [0.29, 0.717) is 26.3 Å². The second-order valence-electron chi connectivity index (χ2n) is 6.50. The van der Waals surface area contributed by atoms with Gasteiger partial charge in [0.1, 0.15) is 6.54 Å². The summed E-state index contributed by atoms with van der Waals surface area (Å²) in [5.74, 6) is -0.0823. The molecular weight excluding hydrogens is 284 g/mol. The van der Waals surface area contributed by atoms with E-state index in [2.05, 4.69) is 10.2 Å². The number of rotatable bonds is 4. The molecule has 0 aromatic heterocycles. The van der Waals surface area contributed by atoms with E-state index in [4.69, 9.17) is 4.74 Å². The summed E-state index contributed by atoms with van der Waals surface area (Å²) in [6.07, 6.45) is 3.75. The largest absolute Gasteiger partial charge is 0.378 e. The lowest BCUT2D eigenvalue weighted by Gasteiger charge is -2.34. The maximum Gasteiger partial charge on any atom is 0.320 e.